The van der Waals surface area contributed by atoms with Gasteiger partial charge in [-0.05, 0) is 30.0 Å². The Balaban J connectivity index is 0.00000676. The summed E-state index contributed by atoms with van der Waals surface area (Å²) in [6.45, 7) is 22.6. The summed E-state index contributed by atoms with van der Waals surface area (Å²) in [6.07, 6.45) is 3.65. The molecule has 0 aliphatic carbocycles. The van der Waals surface area contributed by atoms with Crippen LogP contribution in [0.25, 0.3) is 0 Å². The fourth-order valence-electron chi connectivity index (χ4n) is 3.96. The Hall–Kier alpha value is 0.573. The maximum atomic E-state index is 7.15. The monoisotopic (exact) mass is 445 g/mol. The van der Waals surface area contributed by atoms with Crippen LogP contribution in [0.4, 0.5) is 0 Å². The van der Waals surface area contributed by atoms with Gasteiger partial charge < -0.3 is 13.0 Å². The minimum atomic E-state index is -2.57. The Morgan fingerprint density at radius 2 is 1.37 bits per heavy atom. The summed E-state index contributed by atoms with van der Waals surface area (Å²) in [7, 11) is 0.937. The summed E-state index contributed by atoms with van der Waals surface area (Å²) in [5.74, 6) is 0. The van der Waals surface area contributed by atoms with Gasteiger partial charge in [0.15, 0.2) is 0 Å². The molecule has 0 N–H and O–H groups in total. The summed E-state index contributed by atoms with van der Waals surface area (Å²) in [5, 5.41) is 0. The van der Waals surface area contributed by atoms with Crippen molar-refractivity contribution in [3.05, 3.63) is 23.9 Å². The van der Waals surface area contributed by atoms with Crippen molar-refractivity contribution >= 4 is 25.0 Å². The van der Waals surface area contributed by atoms with Gasteiger partial charge in [-0.2, -0.15) is 0 Å². The van der Waals surface area contributed by atoms with Gasteiger partial charge in [0.1, 0.15) is 0 Å². The Labute approximate surface area is 184 Å². The summed E-state index contributed by atoms with van der Waals surface area (Å²) in [5.41, 5.74) is 3.56. The van der Waals surface area contributed by atoms with Crippen LogP contribution in [0.5, 0.6) is 0 Å². The smallest absolute Gasteiger partial charge is 0.427 e. The molecule has 1 heterocycles. The Bertz CT molecular complexity index is 476. The van der Waals surface area contributed by atoms with Crippen LogP contribution < -0.4 is 0 Å². The van der Waals surface area contributed by atoms with E-state index in [9.17, 15) is 0 Å². The van der Waals surface area contributed by atoms with E-state index in [4.69, 9.17) is 20.8 Å². The molecular weight excluding hydrogens is 406 g/mol. The summed E-state index contributed by atoms with van der Waals surface area (Å²) in [4.78, 5) is 0. The summed E-state index contributed by atoms with van der Waals surface area (Å²) < 4.78 is 20.7. The predicted molar refractivity (Wildman–Crippen MR) is 117 cm³/mol. The van der Waals surface area contributed by atoms with Gasteiger partial charge in [-0.25, -0.2) is 11.1 Å². The van der Waals surface area contributed by atoms with Crippen molar-refractivity contribution in [3.8, 4) is 0 Å². The maximum absolute atomic E-state index is 7.15. The van der Waals surface area contributed by atoms with Crippen LogP contribution in [-0.2, 0) is 31.5 Å². The number of rotatable bonds is 6. The fraction of sp³-hybridized carbons (Fsp3) is 0.800. The third-order valence-corrected chi connectivity index (χ3v) is 15.8. The zero-order valence-electron chi connectivity index (χ0n) is 19.0. The van der Waals surface area contributed by atoms with Crippen LogP contribution in [0, 0.1) is 12.7 Å². The topological polar surface area (TPSA) is 27.7 Å². The zero-order chi connectivity index (χ0) is 20.3. The number of hydrogen-bond acceptors (Lipinski definition) is 3. The van der Waals surface area contributed by atoms with Crippen LogP contribution in [0.15, 0.2) is 11.1 Å². The SMILES string of the molecule is [B][CH-]C(=C(C)C)C1[CH-]CO[Si](C(C)C)(C(C)C)O[Si](C(C)C)(C(C)C)O1.[V+2]. The van der Waals surface area contributed by atoms with E-state index in [2.05, 4.69) is 75.7 Å². The first kappa shape index (κ1) is 27.6. The van der Waals surface area contributed by atoms with E-state index < -0.39 is 17.1 Å². The standard InChI is InChI=1S/C20H39BO3Si2.V/c1-14(2)19(13-21)20-11-12-22-25(15(3)4,16(5)6)24-26(23-20,17(7)8)18(9)10;/h11,13,15-18,20H,12H2,1-10H3;/q-2;+2. The minimum absolute atomic E-state index is 0. The molecule has 1 fully saturated rings. The Morgan fingerprint density at radius 3 is 1.70 bits per heavy atom. The van der Waals surface area contributed by atoms with E-state index in [1.54, 1.807) is 6.32 Å². The van der Waals surface area contributed by atoms with Gasteiger partial charge in [0.25, 0.3) is 0 Å². The van der Waals surface area contributed by atoms with Crippen LogP contribution >= 0.6 is 0 Å². The van der Waals surface area contributed by atoms with Crippen molar-refractivity contribution in [1.82, 2.24) is 0 Å². The van der Waals surface area contributed by atoms with Crippen LogP contribution in [0.1, 0.15) is 69.2 Å². The Kier molecular flexibility index (Phi) is 11.3. The van der Waals surface area contributed by atoms with E-state index in [1.807, 2.05) is 0 Å². The molecule has 1 atom stereocenters. The average molecular weight is 445 g/mol. The molecule has 0 spiro atoms. The molecule has 27 heavy (non-hydrogen) atoms. The van der Waals surface area contributed by atoms with Gasteiger partial charge in [0.05, 0.1) is 0 Å². The Morgan fingerprint density at radius 1 is 0.926 bits per heavy atom. The molecule has 3 nitrogen and oxygen atoms in total. The quantitative estimate of drug-likeness (QED) is 0.381. The van der Waals surface area contributed by atoms with Crippen LogP contribution in [-0.4, -0.2) is 37.7 Å². The van der Waals surface area contributed by atoms with Gasteiger partial charge in [0.2, 0.25) is 0 Å². The molecule has 0 aromatic heterocycles. The molecule has 1 aliphatic rings. The van der Waals surface area contributed by atoms with Gasteiger partial charge in [0, 0.05) is 0 Å². The van der Waals surface area contributed by atoms with Crippen LogP contribution in [0.3, 0.4) is 0 Å². The second-order valence-electron chi connectivity index (χ2n) is 8.87. The minimum Gasteiger partial charge on any atom is -0.427 e. The van der Waals surface area contributed by atoms with Gasteiger partial charge in [-0.1, -0.05) is 68.1 Å². The van der Waals surface area contributed by atoms with E-state index in [0.29, 0.717) is 28.8 Å². The first-order chi connectivity index (χ1) is 11.9. The molecule has 7 heteroatoms. The molecule has 1 aliphatic heterocycles. The molecule has 1 rings (SSSR count). The molecular formula is C20H39BO3Si2V. The van der Waals surface area contributed by atoms with Gasteiger partial charge >= 0.3 is 35.7 Å². The van der Waals surface area contributed by atoms with Crippen LogP contribution in [0.2, 0.25) is 22.2 Å². The van der Waals surface area contributed by atoms with Crippen molar-refractivity contribution in [2.24, 2.45) is 0 Å². The molecule has 1 saturated heterocycles. The molecule has 1 unspecified atom stereocenters. The summed E-state index contributed by atoms with van der Waals surface area (Å²) in [6, 6.07) is 0. The van der Waals surface area contributed by atoms with Crippen molar-refractivity contribution < 1.29 is 31.5 Å². The zero-order valence-corrected chi connectivity index (χ0v) is 22.4. The van der Waals surface area contributed by atoms with E-state index >= 15 is 0 Å². The van der Waals surface area contributed by atoms with Crippen molar-refractivity contribution in [1.29, 1.82) is 0 Å². The maximum Gasteiger partial charge on any atom is 2.00 e. The number of allylic oxidation sites excluding steroid dienone is 1. The predicted octanol–water partition coefficient (Wildman–Crippen LogP) is 5.81. The molecule has 0 amide bonds. The fourth-order valence-corrected chi connectivity index (χ4v) is 15.0. The first-order valence-electron chi connectivity index (χ1n) is 10.0. The molecule has 0 aromatic rings. The average Bonchev–Trinajstić information content (AvgIpc) is 2.48. The van der Waals surface area contributed by atoms with Gasteiger partial charge in [-0.3, -0.25) is 12.7 Å². The summed E-state index contributed by atoms with van der Waals surface area (Å²) >= 11 is 0. The van der Waals surface area contributed by atoms with Crippen molar-refractivity contribution in [2.75, 3.05) is 6.61 Å². The second kappa shape index (κ2) is 11.1. The second-order valence-corrected chi connectivity index (χ2v) is 17.7. The van der Waals surface area contributed by atoms with E-state index in [0.717, 1.165) is 5.57 Å². The molecule has 0 aromatic carbocycles. The van der Waals surface area contributed by atoms with Crippen molar-refractivity contribution in [2.45, 2.75) is 97.5 Å². The number of hydrogen-bond donors (Lipinski definition) is 0. The normalized spacial score (nSPS) is 22.4. The largest absolute Gasteiger partial charge is 2.00 e. The van der Waals surface area contributed by atoms with Gasteiger partial charge in [-0.15, -0.1) is 13.8 Å². The molecule has 0 bridgehead atoms. The molecule has 0 saturated carbocycles. The van der Waals surface area contributed by atoms with Crippen molar-refractivity contribution in [3.63, 3.8) is 0 Å². The molecule has 3 radical (unpaired) electrons. The van der Waals surface area contributed by atoms with E-state index in [-0.39, 0.29) is 24.7 Å². The molecule has 153 valence electrons. The third-order valence-electron chi connectivity index (χ3n) is 5.53. The third kappa shape index (κ3) is 5.81. The van der Waals surface area contributed by atoms with E-state index in [1.165, 1.54) is 5.57 Å². The first-order valence-corrected chi connectivity index (χ1v) is 14.0.